The summed E-state index contributed by atoms with van der Waals surface area (Å²) in [5.41, 5.74) is 3.95. The van der Waals surface area contributed by atoms with Gasteiger partial charge in [-0.25, -0.2) is 0 Å². The minimum absolute atomic E-state index is 0.201. The van der Waals surface area contributed by atoms with Crippen LogP contribution in [0, 0.1) is 5.92 Å². The summed E-state index contributed by atoms with van der Waals surface area (Å²) in [6, 6.07) is 4.04. The van der Waals surface area contributed by atoms with Crippen molar-refractivity contribution in [3.63, 3.8) is 0 Å². The van der Waals surface area contributed by atoms with E-state index >= 15 is 0 Å². The highest BCUT2D eigenvalue weighted by molar-refractivity contribution is 5.54. The molecule has 0 saturated carbocycles. The normalized spacial score (nSPS) is 22.4. The molecule has 2 atom stereocenters. The van der Waals surface area contributed by atoms with Crippen molar-refractivity contribution in [2.45, 2.75) is 77.2 Å². The number of hydrogen-bond acceptors (Lipinski definition) is 4. The predicted octanol–water partition coefficient (Wildman–Crippen LogP) is 4.88. The number of unbranched alkanes of at least 4 members (excludes halogenated alkanes) is 1. The molecule has 2 aromatic rings. The van der Waals surface area contributed by atoms with Crippen molar-refractivity contribution in [1.82, 2.24) is 10.2 Å². The first kappa shape index (κ1) is 20.3. The Hall–Kier alpha value is -2.01. The Balaban J connectivity index is 1.67. The third kappa shape index (κ3) is 3.65. The van der Waals surface area contributed by atoms with Crippen LogP contribution in [0.15, 0.2) is 18.3 Å². The average Bonchev–Trinajstić information content (AvgIpc) is 3.11. The van der Waals surface area contributed by atoms with E-state index in [4.69, 9.17) is 9.47 Å². The van der Waals surface area contributed by atoms with Crippen LogP contribution in [-0.4, -0.2) is 34.1 Å². The SMILES string of the molecule is CCCCOCC(C)(C)c1cc(O)c2c(c1)OC(C)(C)[C@@H]1Cc3cn[nH]c3C[C@@H]21. The molecule has 4 rings (SSSR count). The number of nitrogens with one attached hydrogen (secondary N) is 1. The van der Waals surface area contributed by atoms with Gasteiger partial charge in [0.25, 0.3) is 0 Å². The van der Waals surface area contributed by atoms with E-state index in [1.165, 1.54) is 11.3 Å². The van der Waals surface area contributed by atoms with Gasteiger partial charge in [-0.15, -0.1) is 0 Å². The summed E-state index contributed by atoms with van der Waals surface area (Å²) in [5.74, 6) is 1.69. The highest BCUT2D eigenvalue weighted by Gasteiger charge is 2.48. The Morgan fingerprint density at radius 2 is 2.10 bits per heavy atom. The summed E-state index contributed by atoms with van der Waals surface area (Å²) in [5, 5.41) is 18.5. The summed E-state index contributed by atoms with van der Waals surface area (Å²) in [6.45, 7) is 12.2. The van der Waals surface area contributed by atoms with E-state index in [2.05, 4.69) is 50.9 Å². The van der Waals surface area contributed by atoms with Crippen LogP contribution >= 0.6 is 0 Å². The summed E-state index contributed by atoms with van der Waals surface area (Å²) in [7, 11) is 0. The van der Waals surface area contributed by atoms with Gasteiger partial charge in [0.2, 0.25) is 0 Å². The second-order valence-electron chi connectivity index (χ2n) is 9.90. The van der Waals surface area contributed by atoms with E-state index in [0.717, 1.165) is 49.2 Å². The number of phenolic OH excluding ortho intramolecular Hbond substituents is 1. The zero-order valence-corrected chi connectivity index (χ0v) is 18.3. The van der Waals surface area contributed by atoms with Crippen LogP contribution < -0.4 is 4.74 Å². The van der Waals surface area contributed by atoms with Gasteiger partial charge in [-0.1, -0.05) is 27.2 Å². The summed E-state index contributed by atoms with van der Waals surface area (Å²) in [4.78, 5) is 0. The molecule has 1 aromatic heterocycles. The number of aromatic hydroxyl groups is 1. The van der Waals surface area contributed by atoms with Crippen molar-refractivity contribution in [2.75, 3.05) is 13.2 Å². The van der Waals surface area contributed by atoms with Crippen molar-refractivity contribution in [3.8, 4) is 11.5 Å². The van der Waals surface area contributed by atoms with Gasteiger partial charge >= 0.3 is 0 Å². The number of hydrogen-bond donors (Lipinski definition) is 2. The van der Waals surface area contributed by atoms with E-state index in [1.54, 1.807) is 0 Å². The Morgan fingerprint density at radius 3 is 2.86 bits per heavy atom. The molecule has 0 bridgehead atoms. The van der Waals surface area contributed by atoms with Crippen LogP contribution in [0.5, 0.6) is 11.5 Å². The fourth-order valence-corrected chi connectivity index (χ4v) is 4.94. The number of aromatic nitrogens is 2. The quantitative estimate of drug-likeness (QED) is 0.681. The van der Waals surface area contributed by atoms with E-state index in [0.29, 0.717) is 18.3 Å². The lowest BCUT2D eigenvalue weighted by Gasteiger charge is -2.47. The maximum atomic E-state index is 11.1. The zero-order chi connectivity index (χ0) is 20.8. The van der Waals surface area contributed by atoms with Crippen molar-refractivity contribution in [2.24, 2.45) is 5.92 Å². The van der Waals surface area contributed by atoms with Gasteiger partial charge in [0.15, 0.2) is 0 Å². The lowest BCUT2D eigenvalue weighted by molar-refractivity contribution is 0.00525. The number of benzene rings is 1. The Morgan fingerprint density at radius 1 is 1.31 bits per heavy atom. The van der Waals surface area contributed by atoms with Crippen LogP contribution in [0.3, 0.4) is 0 Å². The molecule has 5 nitrogen and oxygen atoms in total. The van der Waals surface area contributed by atoms with Crippen LogP contribution in [0.25, 0.3) is 0 Å². The highest BCUT2D eigenvalue weighted by atomic mass is 16.5. The molecular formula is C24H34N2O3. The highest BCUT2D eigenvalue weighted by Crippen LogP contribution is 2.53. The molecule has 2 aliphatic rings. The first-order chi connectivity index (χ1) is 13.7. The van der Waals surface area contributed by atoms with Crippen molar-refractivity contribution < 1.29 is 14.6 Å². The maximum absolute atomic E-state index is 11.1. The number of phenols is 1. The van der Waals surface area contributed by atoms with E-state index < -0.39 is 0 Å². The van der Waals surface area contributed by atoms with Crippen molar-refractivity contribution in [3.05, 3.63) is 40.7 Å². The van der Waals surface area contributed by atoms with Gasteiger partial charge in [-0.3, -0.25) is 5.10 Å². The van der Waals surface area contributed by atoms with Crippen LogP contribution in [0.2, 0.25) is 0 Å². The topological polar surface area (TPSA) is 67.4 Å². The Kier molecular flexibility index (Phi) is 5.14. The summed E-state index contributed by atoms with van der Waals surface area (Å²) >= 11 is 0. The molecule has 1 aromatic carbocycles. The number of fused-ring (bicyclic) bond motifs is 4. The Labute approximate surface area is 173 Å². The lowest BCUT2D eigenvalue weighted by Crippen LogP contribution is -2.47. The molecule has 5 heteroatoms. The van der Waals surface area contributed by atoms with Gasteiger partial charge in [0.1, 0.15) is 17.1 Å². The van der Waals surface area contributed by atoms with Crippen LogP contribution in [0.4, 0.5) is 0 Å². The molecule has 1 aliphatic carbocycles. The van der Waals surface area contributed by atoms with Crippen LogP contribution in [0.1, 0.15) is 75.8 Å². The third-order valence-corrected chi connectivity index (χ3v) is 6.80. The molecule has 0 radical (unpaired) electrons. The fraction of sp³-hybridized carbons (Fsp3) is 0.625. The molecule has 29 heavy (non-hydrogen) atoms. The first-order valence-electron chi connectivity index (χ1n) is 10.9. The predicted molar refractivity (Wildman–Crippen MR) is 114 cm³/mol. The molecule has 158 valence electrons. The molecule has 2 N–H and O–H groups in total. The maximum Gasteiger partial charge on any atom is 0.127 e. The second kappa shape index (κ2) is 7.35. The second-order valence-corrected chi connectivity index (χ2v) is 9.90. The molecule has 0 fully saturated rings. The van der Waals surface area contributed by atoms with Gasteiger partial charge in [0.05, 0.1) is 12.8 Å². The van der Waals surface area contributed by atoms with E-state index in [-0.39, 0.29) is 16.9 Å². The molecule has 0 amide bonds. The van der Waals surface area contributed by atoms with Gasteiger partial charge in [-0.05, 0) is 56.4 Å². The van der Waals surface area contributed by atoms with E-state index in [9.17, 15) is 5.11 Å². The zero-order valence-electron chi connectivity index (χ0n) is 18.3. The smallest absolute Gasteiger partial charge is 0.127 e. The number of ether oxygens (including phenoxy) is 2. The molecular weight excluding hydrogens is 364 g/mol. The number of rotatable bonds is 6. The lowest BCUT2D eigenvalue weighted by atomic mass is 9.66. The summed E-state index contributed by atoms with van der Waals surface area (Å²) < 4.78 is 12.4. The molecule has 0 unspecified atom stereocenters. The van der Waals surface area contributed by atoms with Gasteiger partial charge in [-0.2, -0.15) is 5.10 Å². The minimum Gasteiger partial charge on any atom is -0.508 e. The fourth-order valence-electron chi connectivity index (χ4n) is 4.94. The van der Waals surface area contributed by atoms with Crippen LogP contribution in [-0.2, 0) is 23.0 Å². The third-order valence-electron chi connectivity index (χ3n) is 6.80. The van der Waals surface area contributed by atoms with Crippen molar-refractivity contribution >= 4 is 0 Å². The summed E-state index contributed by atoms with van der Waals surface area (Å²) in [6.07, 6.45) is 5.91. The van der Waals surface area contributed by atoms with Crippen molar-refractivity contribution in [1.29, 1.82) is 0 Å². The molecule has 2 heterocycles. The van der Waals surface area contributed by atoms with Gasteiger partial charge in [0, 0.05) is 35.1 Å². The molecule has 0 spiro atoms. The number of aromatic amines is 1. The first-order valence-corrected chi connectivity index (χ1v) is 10.9. The largest absolute Gasteiger partial charge is 0.508 e. The molecule has 1 aliphatic heterocycles. The number of nitrogens with zero attached hydrogens (tertiary/aromatic N) is 1. The van der Waals surface area contributed by atoms with E-state index in [1.807, 2.05) is 12.3 Å². The number of H-pyrrole nitrogens is 1. The van der Waals surface area contributed by atoms with Gasteiger partial charge < -0.3 is 14.6 Å². The molecule has 0 saturated heterocycles. The Bertz CT molecular complexity index is 884. The minimum atomic E-state index is -0.306. The average molecular weight is 399 g/mol. The monoisotopic (exact) mass is 398 g/mol. The standard InChI is InChI=1S/C24H34N2O3/c1-6-7-8-28-14-23(2,3)16-10-20(27)22-17-12-19-15(13-25-26-19)9-18(17)24(4,5)29-21(22)11-16/h10-11,13,17-18,27H,6-9,12,14H2,1-5H3,(H,25,26)/t17-,18-/m1/s1.